The Morgan fingerprint density at radius 1 is 0.742 bits per heavy atom. The van der Waals surface area contributed by atoms with Crippen molar-refractivity contribution in [2.45, 2.75) is 0 Å². The maximum atomic E-state index is 2.31. The van der Waals surface area contributed by atoms with E-state index < -0.39 is 0 Å². The van der Waals surface area contributed by atoms with Crippen LogP contribution in [0.1, 0.15) is 11.1 Å². The molecule has 158 valence electrons. The quantitative estimate of drug-likeness (QED) is 0.668. The summed E-state index contributed by atoms with van der Waals surface area (Å²) in [5.74, 6) is 0. The van der Waals surface area contributed by atoms with Crippen LogP contribution in [0.4, 0.5) is 5.69 Å². The highest BCUT2D eigenvalue weighted by molar-refractivity contribution is 8.12. The van der Waals surface area contributed by atoms with Crippen molar-refractivity contribution in [1.82, 2.24) is 0 Å². The van der Waals surface area contributed by atoms with Crippen molar-refractivity contribution >= 4 is 33.6 Å². The number of rotatable bonds is 3. The van der Waals surface area contributed by atoms with Crippen molar-refractivity contribution in [1.29, 1.82) is 0 Å². The molecule has 2 aliphatic rings. The van der Waals surface area contributed by atoms with Crippen LogP contribution in [0.2, 0.25) is 0 Å². The van der Waals surface area contributed by atoms with Gasteiger partial charge in [-0.05, 0) is 58.7 Å². The van der Waals surface area contributed by atoms with Crippen LogP contribution in [0.15, 0.2) is 102 Å². The molecule has 4 heteroatoms. The fourth-order valence-corrected chi connectivity index (χ4v) is 4.55. The third-order valence-corrected chi connectivity index (χ3v) is 6.38. The number of hydrogen-bond acceptors (Lipinski definition) is 2. The molecule has 0 saturated carbocycles. The lowest BCUT2D eigenvalue weighted by atomic mass is 10.0. The van der Waals surface area contributed by atoms with Crippen LogP contribution < -0.4 is 17.3 Å². The Kier molecular flexibility index (Phi) is 7.42. The summed E-state index contributed by atoms with van der Waals surface area (Å²) in [4.78, 5) is 4.67. The van der Waals surface area contributed by atoms with Gasteiger partial charge >= 0.3 is 0 Å². The minimum atomic E-state index is 0. The molecule has 0 aromatic heterocycles. The van der Waals surface area contributed by atoms with E-state index >= 15 is 0 Å². The average Bonchev–Trinajstić information content (AvgIpc) is 2.79. The van der Waals surface area contributed by atoms with E-state index in [-0.39, 0.29) is 12.4 Å². The zero-order valence-corrected chi connectivity index (χ0v) is 19.9. The van der Waals surface area contributed by atoms with E-state index in [0.29, 0.717) is 0 Å². The Morgan fingerprint density at radius 3 is 1.97 bits per heavy atom. The summed E-state index contributed by atoms with van der Waals surface area (Å²) in [5.41, 5.74) is 7.39. The number of thioether (sulfide) groups is 1. The molecule has 31 heavy (non-hydrogen) atoms. The molecular weight excluding hydrogens is 420 g/mol. The van der Waals surface area contributed by atoms with Crippen molar-refractivity contribution < 1.29 is 17.0 Å². The van der Waals surface area contributed by atoms with Gasteiger partial charge in [-0.3, -0.25) is 0 Å². The molecule has 0 unspecified atom stereocenters. The smallest absolute Gasteiger partial charge is 0.199 e. The second-order valence-electron chi connectivity index (χ2n) is 7.82. The molecule has 0 fully saturated rings. The lowest BCUT2D eigenvalue weighted by molar-refractivity contribution is -0.462. The molecule has 2 aromatic carbocycles. The maximum Gasteiger partial charge on any atom is 0.199 e. The summed E-state index contributed by atoms with van der Waals surface area (Å²) in [6.45, 7) is 0. The molecule has 2 aromatic rings. The first kappa shape index (κ1) is 22.9. The van der Waals surface area contributed by atoms with Crippen LogP contribution in [0, 0.1) is 0 Å². The van der Waals surface area contributed by atoms with Gasteiger partial charge < -0.3 is 17.3 Å². The number of allylic oxidation sites excluding steroid dienone is 8. The summed E-state index contributed by atoms with van der Waals surface area (Å²) in [6.07, 6.45) is 13.4. The molecule has 0 saturated heterocycles. The van der Waals surface area contributed by atoms with Gasteiger partial charge in [0, 0.05) is 41.7 Å². The van der Waals surface area contributed by atoms with Gasteiger partial charge in [-0.2, -0.15) is 0 Å². The van der Waals surface area contributed by atoms with Crippen molar-refractivity contribution in [3.05, 3.63) is 113 Å². The average molecular weight is 447 g/mol. The molecule has 1 heterocycles. The predicted octanol–water partition coefficient (Wildman–Crippen LogP) is 3.02. The molecule has 1 aliphatic heterocycles. The third-order valence-electron chi connectivity index (χ3n) is 5.24. The van der Waals surface area contributed by atoms with Gasteiger partial charge in [-0.15, -0.1) is 0 Å². The highest BCUT2D eigenvalue weighted by atomic mass is 35.5. The second kappa shape index (κ2) is 10.0. The first-order chi connectivity index (χ1) is 14.5. The van der Waals surface area contributed by atoms with Crippen molar-refractivity contribution in [3.63, 3.8) is 0 Å². The zero-order valence-electron chi connectivity index (χ0n) is 18.3. The summed E-state index contributed by atoms with van der Waals surface area (Å²) in [7, 11) is 8.29. The minimum Gasteiger partial charge on any atom is -1.00 e. The van der Waals surface area contributed by atoms with Gasteiger partial charge in [0.05, 0.1) is 0 Å². The monoisotopic (exact) mass is 446 g/mol. The van der Waals surface area contributed by atoms with E-state index in [1.807, 2.05) is 11.8 Å². The van der Waals surface area contributed by atoms with Crippen molar-refractivity contribution in [3.8, 4) is 0 Å². The van der Waals surface area contributed by atoms with Gasteiger partial charge in [0.15, 0.2) is 5.71 Å². The van der Waals surface area contributed by atoms with Gasteiger partial charge in [0.25, 0.3) is 0 Å². The molecular formula is C27H27ClN2S. The molecule has 0 atom stereocenters. The van der Waals surface area contributed by atoms with E-state index in [1.165, 1.54) is 43.5 Å². The summed E-state index contributed by atoms with van der Waals surface area (Å²) in [5, 5.41) is 0. The van der Waals surface area contributed by atoms with Crippen molar-refractivity contribution in [2.24, 2.45) is 0 Å². The van der Waals surface area contributed by atoms with Crippen LogP contribution in [0.5, 0.6) is 0 Å². The van der Waals surface area contributed by atoms with E-state index in [4.69, 9.17) is 0 Å². The molecule has 4 rings (SSSR count). The first-order valence-electron chi connectivity index (χ1n) is 10.1. The van der Waals surface area contributed by atoms with E-state index in [0.717, 1.165) is 0 Å². The van der Waals surface area contributed by atoms with Gasteiger partial charge in [0.2, 0.25) is 0 Å². The Bertz CT molecular complexity index is 1110. The van der Waals surface area contributed by atoms with Gasteiger partial charge in [0.1, 0.15) is 14.1 Å². The molecule has 2 nitrogen and oxygen atoms in total. The van der Waals surface area contributed by atoms with Gasteiger partial charge in [-0.1, -0.05) is 54.2 Å². The summed E-state index contributed by atoms with van der Waals surface area (Å²) in [6, 6.07) is 19.4. The topological polar surface area (TPSA) is 6.25 Å². The summed E-state index contributed by atoms with van der Waals surface area (Å²) >= 11 is 1.84. The van der Waals surface area contributed by atoms with Crippen LogP contribution in [-0.4, -0.2) is 38.5 Å². The van der Waals surface area contributed by atoms with Crippen LogP contribution in [-0.2, 0) is 0 Å². The zero-order chi connectivity index (χ0) is 21.1. The van der Waals surface area contributed by atoms with E-state index in [9.17, 15) is 0 Å². The van der Waals surface area contributed by atoms with E-state index in [2.05, 4.69) is 129 Å². The number of benzene rings is 2. The Morgan fingerprint density at radius 2 is 1.39 bits per heavy atom. The molecule has 0 N–H and O–H groups in total. The Labute approximate surface area is 196 Å². The number of nitrogens with zero attached hydrogens (tertiary/aromatic N) is 2. The van der Waals surface area contributed by atoms with Gasteiger partial charge in [-0.25, -0.2) is 4.58 Å². The Balaban J connectivity index is 0.00000272. The highest BCUT2D eigenvalue weighted by Crippen LogP contribution is 2.44. The standard InChI is InChI=1S/C27H27N2S.ClH/c1-28(2)24-14-10-21(11-15-24)26-18-23(20-8-6-5-7-9-20)19-27(30-26)22-12-16-25(17-13-22)29(3)4;/h5-19H,1-4H3;1H/q+1;/p-1. The molecule has 0 spiro atoms. The fraction of sp³-hybridized carbons (Fsp3) is 0.148. The molecule has 0 radical (unpaired) electrons. The van der Waals surface area contributed by atoms with Crippen LogP contribution >= 0.6 is 11.8 Å². The number of halogens is 1. The number of hydrogen-bond donors (Lipinski definition) is 0. The highest BCUT2D eigenvalue weighted by Gasteiger charge is 2.17. The largest absolute Gasteiger partial charge is 1.00 e. The lowest BCUT2D eigenvalue weighted by Gasteiger charge is -2.19. The van der Waals surface area contributed by atoms with Crippen LogP contribution in [0.3, 0.4) is 0 Å². The predicted molar refractivity (Wildman–Crippen MR) is 133 cm³/mol. The maximum absolute atomic E-state index is 2.31. The fourth-order valence-electron chi connectivity index (χ4n) is 3.43. The second-order valence-corrected chi connectivity index (χ2v) is 8.91. The lowest BCUT2D eigenvalue weighted by Crippen LogP contribution is -3.00. The SMILES string of the molecule is CN(C)c1ccc(C2=CC(c3ccccc3)=CC(=C3C=CC(=[N+](C)C)C=C3)S2)cc1.[Cl-]. The normalized spacial score (nSPS) is 15.3. The minimum absolute atomic E-state index is 0. The third kappa shape index (κ3) is 5.30. The molecule has 0 amide bonds. The number of anilines is 1. The first-order valence-corrected chi connectivity index (χ1v) is 10.9. The van der Waals surface area contributed by atoms with Crippen LogP contribution in [0.25, 0.3) is 10.5 Å². The summed E-state index contributed by atoms with van der Waals surface area (Å²) < 4.78 is 2.13. The van der Waals surface area contributed by atoms with E-state index in [1.54, 1.807) is 0 Å². The molecule has 0 bridgehead atoms. The molecule has 1 aliphatic carbocycles. The Hall–Kier alpha value is -2.75. The van der Waals surface area contributed by atoms with Crippen molar-refractivity contribution in [2.75, 3.05) is 33.1 Å².